The van der Waals surface area contributed by atoms with Gasteiger partial charge in [-0.25, -0.2) is 14.6 Å². The summed E-state index contributed by atoms with van der Waals surface area (Å²) in [7, 11) is 0. The number of amides is 2. The van der Waals surface area contributed by atoms with Crippen LogP contribution in [0.25, 0.3) is 0 Å². The molecule has 3 fully saturated rings. The van der Waals surface area contributed by atoms with E-state index in [4.69, 9.17) is 0 Å². The lowest BCUT2D eigenvalue weighted by atomic mass is 9.71. The normalized spacial score (nSPS) is 29.4. The first-order valence-electron chi connectivity index (χ1n) is 11.5. The fraction of sp³-hybridized carbons (Fsp3) is 0.500. The van der Waals surface area contributed by atoms with E-state index in [2.05, 4.69) is 38.6 Å². The van der Waals surface area contributed by atoms with Crippen LogP contribution in [0.3, 0.4) is 0 Å². The molecule has 5 unspecified atom stereocenters. The molecule has 1 aliphatic carbocycles. The molecule has 0 spiro atoms. The lowest BCUT2D eigenvalue weighted by Crippen LogP contribution is -2.61. The predicted molar refractivity (Wildman–Crippen MR) is 120 cm³/mol. The van der Waals surface area contributed by atoms with E-state index < -0.39 is 0 Å². The van der Waals surface area contributed by atoms with Gasteiger partial charge in [0.05, 0.1) is 6.04 Å². The first-order chi connectivity index (χ1) is 15.6. The first kappa shape index (κ1) is 21.3. The zero-order chi connectivity index (χ0) is 22.1. The zero-order valence-corrected chi connectivity index (χ0v) is 18.4. The number of nitrogens with zero attached hydrogens (tertiary/aromatic N) is 2. The quantitative estimate of drug-likeness (QED) is 0.520. The van der Waals surface area contributed by atoms with Gasteiger partial charge >= 0.3 is 6.03 Å². The highest BCUT2D eigenvalue weighted by molar-refractivity contribution is 5.75. The van der Waals surface area contributed by atoms with E-state index in [1.807, 2.05) is 18.0 Å². The van der Waals surface area contributed by atoms with Crippen molar-refractivity contribution in [3.8, 4) is 0 Å². The maximum absolute atomic E-state index is 13.0. The molecule has 4 N–H and O–H groups in total. The summed E-state index contributed by atoms with van der Waals surface area (Å²) in [6.07, 6.45) is 3.90. The van der Waals surface area contributed by atoms with Crippen LogP contribution in [0.5, 0.6) is 0 Å². The number of halogens is 1. The Morgan fingerprint density at radius 1 is 1.16 bits per heavy atom. The molecular formula is C24H31FN6O. The Balaban J connectivity index is 1.16. The number of aryl methyl sites for hydroxylation is 1. The third kappa shape index (κ3) is 4.48. The van der Waals surface area contributed by atoms with E-state index in [-0.39, 0.29) is 23.9 Å². The molecule has 170 valence electrons. The highest BCUT2D eigenvalue weighted by Gasteiger charge is 2.47. The second-order valence-electron chi connectivity index (χ2n) is 9.30. The summed E-state index contributed by atoms with van der Waals surface area (Å²) >= 11 is 0. The van der Waals surface area contributed by atoms with Crippen molar-refractivity contribution in [2.24, 2.45) is 11.8 Å². The standard InChI is InChI=1S/C24H31FN6O/c1-15-10-17(6-7-27-15)23-20-11-18-14-31(24(32)28-21(18)12-22(20)29-30-23)9-8-26-13-16-2-4-19(25)5-3-16/h2-7,10,18,20-23,26,29-30H,8-9,11-14H2,1H3,(H,28,32). The van der Waals surface area contributed by atoms with Gasteiger partial charge in [0, 0.05) is 50.2 Å². The van der Waals surface area contributed by atoms with E-state index in [0.29, 0.717) is 37.5 Å². The third-order valence-electron chi connectivity index (χ3n) is 7.15. The molecular weight excluding hydrogens is 407 g/mol. The van der Waals surface area contributed by atoms with Crippen molar-refractivity contribution in [2.75, 3.05) is 19.6 Å². The van der Waals surface area contributed by atoms with E-state index in [1.54, 1.807) is 12.1 Å². The lowest BCUT2D eigenvalue weighted by Gasteiger charge is -2.45. The van der Waals surface area contributed by atoms with Gasteiger partial charge in [-0.05, 0) is 67.0 Å². The number of nitrogens with one attached hydrogen (secondary N) is 4. The van der Waals surface area contributed by atoms with Crippen LogP contribution in [0.15, 0.2) is 42.6 Å². The van der Waals surface area contributed by atoms with E-state index in [9.17, 15) is 9.18 Å². The lowest BCUT2D eigenvalue weighted by molar-refractivity contribution is 0.0993. The second-order valence-corrected chi connectivity index (χ2v) is 9.30. The Morgan fingerprint density at radius 2 is 2.00 bits per heavy atom. The maximum atomic E-state index is 13.0. The monoisotopic (exact) mass is 438 g/mol. The predicted octanol–water partition coefficient (Wildman–Crippen LogP) is 2.26. The van der Waals surface area contributed by atoms with Crippen molar-refractivity contribution in [3.63, 3.8) is 0 Å². The number of hydrogen-bond acceptors (Lipinski definition) is 5. The van der Waals surface area contributed by atoms with Crippen molar-refractivity contribution in [3.05, 3.63) is 65.2 Å². The van der Waals surface area contributed by atoms with Crippen LogP contribution < -0.4 is 21.5 Å². The SMILES string of the molecule is Cc1cc(C2NNC3CC4NC(=O)N(CCNCc5ccc(F)cc5)CC4CC32)ccn1. The van der Waals surface area contributed by atoms with Gasteiger partial charge in [-0.1, -0.05) is 12.1 Å². The number of benzene rings is 1. The molecule has 5 atom stereocenters. The Labute approximate surface area is 188 Å². The van der Waals surface area contributed by atoms with Crippen LogP contribution in [0.1, 0.15) is 35.7 Å². The molecule has 2 aromatic rings. The average Bonchev–Trinajstić information content (AvgIpc) is 3.19. The van der Waals surface area contributed by atoms with Crippen molar-refractivity contribution >= 4 is 6.03 Å². The van der Waals surface area contributed by atoms with E-state index in [0.717, 1.165) is 30.6 Å². The number of hydrogen-bond donors (Lipinski definition) is 4. The first-order valence-corrected chi connectivity index (χ1v) is 11.5. The number of urea groups is 1. The molecule has 2 saturated heterocycles. The molecule has 1 saturated carbocycles. The highest BCUT2D eigenvalue weighted by atomic mass is 19.1. The molecule has 0 bridgehead atoms. The fourth-order valence-electron chi connectivity index (χ4n) is 5.48. The molecule has 3 heterocycles. The maximum Gasteiger partial charge on any atom is 0.317 e. The Kier molecular flexibility index (Phi) is 6.08. The topological polar surface area (TPSA) is 81.3 Å². The molecule has 1 aromatic carbocycles. The largest absolute Gasteiger partial charge is 0.335 e. The number of rotatable bonds is 6. The summed E-state index contributed by atoms with van der Waals surface area (Å²) < 4.78 is 13.0. The van der Waals surface area contributed by atoms with Gasteiger partial charge in [0.15, 0.2) is 0 Å². The summed E-state index contributed by atoms with van der Waals surface area (Å²) in [5.41, 5.74) is 10.3. The minimum atomic E-state index is -0.225. The molecule has 0 radical (unpaired) electrons. The molecule has 7 nitrogen and oxygen atoms in total. The van der Waals surface area contributed by atoms with Gasteiger partial charge in [-0.15, -0.1) is 0 Å². The summed E-state index contributed by atoms with van der Waals surface area (Å²) in [5, 5.41) is 6.61. The van der Waals surface area contributed by atoms with Crippen LogP contribution in [0.4, 0.5) is 9.18 Å². The summed E-state index contributed by atoms with van der Waals surface area (Å²) in [6, 6.07) is 11.6. The number of pyridine rings is 1. The third-order valence-corrected chi connectivity index (χ3v) is 7.15. The number of hydrazine groups is 1. The van der Waals surface area contributed by atoms with Gasteiger partial charge in [0.1, 0.15) is 5.82 Å². The fourth-order valence-corrected chi connectivity index (χ4v) is 5.48. The molecule has 1 aromatic heterocycles. The van der Waals surface area contributed by atoms with Gasteiger partial charge in [0.25, 0.3) is 0 Å². The van der Waals surface area contributed by atoms with Crippen molar-refractivity contribution in [1.82, 2.24) is 31.4 Å². The van der Waals surface area contributed by atoms with Crippen LogP contribution in [0, 0.1) is 24.6 Å². The van der Waals surface area contributed by atoms with E-state index in [1.165, 1.54) is 17.7 Å². The smallest absolute Gasteiger partial charge is 0.317 e. The Bertz CT molecular complexity index is 954. The second kappa shape index (κ2) is 9.13. The van der Waals surface area contributed by atoms with Crippen LogP contribution >= 0.6 is 0 Å². The highest BCUT2D eigenvalue weighted by Crippen LogP contribution is 2.41. The number of carbonyl (C=O) groups is 1. The van der Waals surface area contributed by atoms with Crippen LogP contribution in [0.2, 0.25) is 0 Å². The molecule has 2 amide bonds. The number of fused-ring (bicyclic) bond motifs is 2. The molecule has 5 rings (SSSR count). The zero-order valence-electron chi connectivity index (χ0n) is 18.4. The van der Waals surface area contributed by atoms with Crippen LogP contribution in [-0.4, -0.2) is 47.6 Å². The van der Waals surface area contributed by atoms with Crippen molar-refractivity contribution < 1.29 is 9.18 Å². The summed E-state index contributed by atoms with van der Waals surface area (Å²) in [5.74, 6) is 0.710. The number of aromatic nitrogens is 1. The summed E-state index contributed by atoms with van der Waals surface area (Å²) in [4.78, 5) is 18.9. The Morgan fingerprint density at radius 3 is 2.81 bits per heavy atom. The average molecular weight is 439 g/mol. The van der Waals surface area contributed by atoms with Gasteiger partial charge < -0.3 is 15.5 Å². The minimum Gasteiger partial charge on any atom is -0.335 e. The number of carbonyl (C=O) groups excluding carboxylic acids is 1. The van der Waals surface area contributed by atoms with Gasteiger partial charge in [-0.2, -0.15) is 0 Å². The summed E-state index contributed by atoms with van der Waals surface area (Å²) in [6.45, 7) is 4.85. The Hall–Kier alpha value is -2.55. The van der Waals surface area contributed by atoms with Gasteiger partial charge in [0.2, 0.25) is 0 Å². The molecule has 3 aliphatic rings. The molecule has 2 aliphatic heterocycles. The van der Waals surface area contributed by atoms with Crippen molar-refractivity contribution in [1.29, 1.82) is 0 Å². The van der Waals surface area contributed by atoms with Crippen molar-refractivity contribution in [2.45, 2.75) is 44.4 Å². The minimum absolute atomic E-state index is 0.0283. The van der Waals surface area contributed by atoms with E-state index >= 15 is 0 Å². The molecule has 8 heteroatoms. The van der Waals surface area contributed by atoms with Crippen LogP contribution in [-0.2, 0) is 6.54 Å². The molecule has 32 heavy (non-hydrogen) atoms. The van der Waals surface area contributed by atoms with Gasteiger partial charge in [-0.3, -0.25) is 10.4 Å².